The molecular weight excluding hydrogens is 380 g/mol. The van der Waals surface area contributed by atoms with Gasteiger partial charge >= 0.3 is 0 Å². The maximum atomic E-state index is 12.7. The molecular formula is C22H24N6O2. The van der Waals surface area contributed by atoms with Crippen LogP contribution in [0.3, 0.4) is 0 Å². The second-order valence-corrected chi connectivity index (χ2v) is 7.51. The summed E-state index contributed by atoms with van der Waals surface area (Å²) < 4.78 is 1.77. The SMILES string of the molecule is C/C(Nc1cnn(CCC(C)O)c1)=C1/C(=O)Nc2cnc(-c3cnccc3C)cc21. The Hall–Kier alpha value is -3.52. The van der Waals surface area contributed by atoms with Gasteiger partial charge in [-0.25, -0.2) is 0 Å². The number of aromatic nitrogens is 4. The van der Waals surface area contributed by atoms with E-state index in [0.29, 0.717) is 24.2 Å². The van der Waals surface area contributed by atoms with Crippen molar-refractivity contribution in [2.45, 2.75) is 39.8 Å². The standard InChI is InChI=1S/C22H24N6O2/c1-13-4-6-23-10-18(13)19-8-17-20(11-24-19)27-22(30)21(17)15(3)26-16-9-25-28(12-16)7-5-14(2)29/h4,6,8-12,14,26,29H,5,7H2,1-3H3,(H,27,30)/b21-15-. The Bertz CT molecular complexity index is 1130. The summed E-state index contributed by atoms with van der Waals surface area (Å²) in [5.74, 6) is -0.168. The van der Waals surface area contributed by atoms with Gasteiger partial charge in [0.2, 0.25) is 0 Å². The molecule has 4 rings (SSSR count). The van der Waals surface area contributed by atoms with Crippen LogP contribution in [0.15, 0.2) is 48.8 Å². The number of fused-ring (bicyclic) bond motifs is 1. The van der Waals surface area contributed by atoms with Crippen LogP contribution in [0.2, 0.25) is 0 Å². The zero-order chi connectivity index (χ0) is 21.3. The lowest BCUT2D eigenvalue weighted by molar-refractivity contribution is -0.110. The average Bonchev–Trinajstić information content (AvgIpc) is 3.29. The first kappa shape index (κ1) is 19.8. The van der Waals surface area contributed by atoms with E-state index in [9.17, 15) is 9.90 Å². The van der Waals surface area contributed by atoms with Crippen molar-refractivity contribution in [1.29, 1.82) is 0 Å². The Morgan fingerprint density at radius 1 is 1.30 bits per heavy atom. The molecule has 3 aromatic heterocycles. The summed E-state index contributed by atoms with van der Waals surface area (Å²) in [7, 11) is 0. The summed E-state index contributed by atoms with van der Waals surface area (Å²) in [6.45, 7) is 6.25. The summed E-state index contributed by atoms with van der Waals surface area (Å²) in [5.41, 5.74) is 6.35. The maximum absolute atomic E-state index is 12.7. The molecule has 154 valence electrons. The third-order valence-electron chi connectivity index (χ3n) is 5.08. The summed E-state index contributed by atoms with van der Waals surface area (Å²) in [4.78, 5) is 21.4. The number of carbonyl (C=O) groups is 1. The molecule has 1 aliphatic rings. The maximum Gasteiger partial charge on any atom is 0.258 e. The van der Waals surface area contributed by atoms with Crippen molar-refractivity contribution in [3.63, 3.8) is 0 Å². The summed E-state index contributed by atoms with van der Waals surface area (Å²) in [5, 5.41) is 19.9. The van der Waals surface area contributed by atoms with Crippen LogP contribution in [0.25, 0.3) is 16.8 Å². The van der Waals surface area contributed by atoms with E-state index < -0.39 is 0 Å². The van der Waals surface area contributed by atoms with Crippen molar-refractivity contribution >= 4 is 22.9 Å². The van der Waals surface area contributed by atoms with Gasteiger partial charge in [0.05, 0.1) is 41.1 Å². The second kappa shape index (κ2) is 8.08. The van der Waals surface area contributed by atoms with Gasteiger partial charge in [-0.3, -0.25) is 19.4 Å². The van der Waals surface area contributed by atoms with Gasteiger partial charge in [0.25, 0.3) is 5.91 Å². The lowest BCUT2D eigenvalue weighted by Crippen LogP contribution is -2.09. The van der Waals surface area contributed by atoms with Gasteiger partial charge < -0.3 is 15.7 Å². The highest BCUT2D eigenvalue weighted by molar-refractivity contribution is 6.32. The van der Waals surface area contributed by atoms with Crippen LogP contribution < -0.4 is 10.6 Å². The Morgan fingerprint density at radius 3 is 2.90 bits per heavy atom. The topological polar surface area (TPSA) is 105 Å². The molecule has 1 aliphatic heterocycles. The van der Waals surface area contributed by atoms with E-state index in [1.165, 1.54) is 0 Å². The first-order valence-corrected chi connectivity index (χ1v) is 9.83. The molecule has 0 aliphatic carbocycles. The molecule has 0 bridgehead atoms. The Morgan fingerprint density at radius 2 is 2.13 bits per heavy atom. The predicted molar refractivity (Wildman–Crippen MR) is 116 cm³/mol. The summed E-state index contributed by atoms with van der Waals surface area (Å²) in [6, 6.07) is 3.86. The third-order valence-corrected chi connectivity index (χ3v) is 5.08. The van der Waals surface area contributed by atoms with Crippen molar-refractivity contribution in [3.8, 4) is 11.3 Å². The normalized spacial score (nSPS) is 15.5. The van der Waals surface area contributed by atoms with Crippen LogP contribution in [0, 0.1) is 6.92 Å². The third kappa shape index (κ3) is 3.95. The molecule has 0 fully saturated rings. The molecule has 8 nitrogen and oxygen atoms in total. The molecule has 8 heteroatoms. The van der Waals surface area contributed by atoms with Crippen molar-refractivity contribution in [2.75, 3.05) is 10.6 Å². The quantitative estimate of drug-likeness (QED) is 0.545. The zero-order valence-corrected chi connectivity index (χ0v) is 17.2. The number of nitrogens with zero attached hydrogens (tertiary/aromatic N) is 4. The first-order valence-electron chi connectivity index (χ1n) is 9.83. The minimum atomic E-state index is -0.376. The second-order valence-electron chi connectivity index (χ2n) is 7.51. The summed E-state index contributed by atoms with van der Waals surface area (Å²) in [6.07, 6.45) is 9.03. The number of aryl methyl sites for hydroxylation is 2. The van der Waals surface area contributed by atoms with E-state index in [2.05, 4.69) is 25.7 Å². The van der Waals surface area contributed by atoms with Crippen LogP contribution in [-0.2, 0) is 11.3 Å². The van der Waals surface area contributed by atoms with Crippen LogP contribution in [-0.4, -0.2) is 36.9 Å². The van der Waals surface area contributed by atoms with Gasteiger partial charge in [-0.1, -0.05) is 0 Å². The number of aliphatic hydroxyl groups is 1. The highest BCUT2D eigenvalue weighted by atomic mass is 16.3. The highest BCUT2D eigenvalue weighted by Gasteiger charge is 2.27. The lowest BCUT2D eigenvalue weighted by atomic mass is 10.0. The molecule has 3 N–H and O–H groups in total. The van der Waals surface area contributed by atoms with E-state index in [4.69, 9.17) is 0 Å². The molecule has 1 amide bonds. The minimum absolute atomic E-state index is 0.168. The van der Waals surface area contributed by atoms with E-state index in [0.717, 1.165) is 33.8 Å². The number of aliphatic hydroxyl groups excluding tert-OH is 1. The lowest BCUT2D eigenvalue weighted by Gasteiger charge is -2.09. The Labute approximate surface area is 174 Å². The summed E-state index contributed by atoms with van der Waals surface area (Å²) >= 11 is 0. The molecule has 0 radical (unpaired) electrons. The van der Waals surface area contributed by atoms with Crippen LogP contribution >= 0.6 is 0 Å². The Balaban J connectivity index is 1.64. The number of hydrogen-bond donors (Lipinski definition) is 3. The fraction of sp³-hybridized carbons (Fsp3) is 0.273. The van der Waals surface area contributed by atoms with Gasteiger partial charge in [-0.15, -0.1) is 0 Å². The Kier molecular flexibility index (Phi) is 5.33. The molecule has 30 heavy (non-hydrogen) atoms. The van der Waals surface area contributed by atoms with Crippen LogP contribution in [0.4, 0.5) is 11.4 Å². The number of rotatable bonds is 6. The van der Waals surface area contributed by atoms with Gasteiger partial charge in [-0.05, 0) is 44.9 Å². The molecule has 4 heterocycles. The average molecular weight is 404 g/mol. The monoisotopic (exact) mass is 404 g/mol. The van der Waals surface area contributed by atoms with Crippen LogP contribution in [0.1, 0.15) is 31.4 Å². The molecule has 0 saturated carbocycles. The number of pyridine rings is 2. The molecule has 1 atom stereocenters. The molecule has 0 spiro atoms. The van der Waals surface area contributed by atoms with E-state index >= 15 is 0 Å². The van der Waals surface area contributed by atoms with Crippen LogP contribution in [0.5, 0.6) is 0 Å². The minimum Gasteiger partial charge on any atom is -0.393 e. The molecule has 1 unspecified atom stereocenters. The predicted octanol–water partition coefficient (Wildman–Crippen LogP) is 3.21. The van der Waals surface area contributed by atoms with Crippen molar-refractivity contribution in [3.05, 3.63) is 59.9 Å². The zero-order valence-electron chi connectivity index (χ0n) is 17.2. The first-order chi connectivity index (χ1) is 14.4. The number of amides is 1. The van der Waals surface area contributed by atoms with Gasteiger partial charge in [0.1, 0.15) is 0 Å². The van der Waals surface area contributed by atoms with Crippen molar-refractivity contribution in [2.24, 2.45) is 0 Å². The van der Waals surface area contributed by atoms with Gasteiger partial charge in [-0.2, -0.15) is 5.10 Å². The fourth-order valence-electron chi connectivity index (χ4n) is 3.47. The van der Waals surface area contributed by atoms with Crippen molar-refractivity contribution < 1.29 is 9.90 Å². The molecule has 0 saturated heterocycles. The number of hydrogen-bond acceptors (Lipinski definition) is 6. The fourth-order valence-corrected chi connectivity index (χ4v) is 3.47. The molecule has 3 aromatic rings. The molecule has 0 aromatic carbocycles. The van der Waals surface area contributed by atoms with Gasteiger partial charge in [0.15, 0.2) is 0 Å². The van der Waals surface area contributed by atoms with E-state index in [-0.39, 0.29) is 12.0 Å². The number of nitrogens with one attached hydrogen (secondary N) is 2. The smallest absolute Gasteiger partial charge is 0.258 e. The van der Waals surface area contributed by atoms with E-state index in [1.807, 2.05) is 32.2 Å². The van der Waals surface area contributed by atoms with Gasteiger partial charge in [0, 0.05) is 42.0 Å². The van der Waals surface area contributed by atoms with Crippen molar-refractivity contribution in [1.82, 2.24) is 19.7 Å². The number of allylic oxidation sites excluding steroid dienone is 1. The largest absolute Gasteiger partial charge is 0.393 e. The number of anilines is 2. The number of carbonyl (C=O) groups excluding carboxylic acids is 1. The highest BCUT2D eigenvalue weighted by Crippen LogP contribution is 2.36. The van der Waals surface area contributed by atoms with E-state index in [1.54, 1.807) is 36.4 Å².